The molecule has 2 aromatic carbocycles. The van der Waals surface area contributed by atoms with Crippen molar-refractivity contribution in [2.45, 2.75) is 31.3 Å². The van der Waals surface area contributed by atoms with Gasteiger partial charge in [-0.3, -0.25) is 0 Å². The lowest BCUT2D eigenvalue weighted by molar-refractivity contribution is 0.588. The summed E-state index contributed by atoms with van der Waals surface area (Å²) in [4.78, 5) is 4.99. The molecule has 3 rings (SSSR count). The van der Waals surface area contributed by atoms with Crippen molar-refractivity contribution in [1.29, 1.82) is 0 Å². The number of aryl methyl sites for hydroxylation is 1. The molecule has 132 valence electrons. The first-order valence-electron chi connectivity index (χ1n) is 8.21. The molecule has 1 aromatic heterocycles. The Morgan fingerprint density at radius 2 is 1.80 bits per heavy atom. The number of para-hydroxylation sites is 2. The minimum absolute atomic E-state index is 0.0147. The van der Waals surface area contributed by atoms with Crippen molar-refractivity contribution in [2.24, 2.45) is 0 Å². The van der Waals surface area contributed by atoms with Crippen LogP contribution in [0.15, 0.2) is 53.4 Å². The van der Waals surface area contributed by atoms with Gasteiger partial charge in [-0.15, -0.1) is 0 Å². The Morgan fingerprint density at radius 3 is 2.44 bits per heavy atom. The van der Waals surface area contributed by atoms with Gasteiger partial charge in [-0.05, 0) is 57.3 Å². The van der Waals surface area contributed by atoms with Crippen LogP contribution in [0, 0.1) is 0 Å². The van der Waals surface area contributed by atoms with Crippen molar-refractivity contribution >= 4 is 26.7 Å². The van der Waals surface area contributed by atoms with Gasteiger partial charge in [-0.25, -0.2) is 18.1 Å². The van der Waals surface area contributed by atoms with Crippen molar-refractivity contribution in [2.75, 3.05) is 12.4 Å². The first-order valence-corrected chi connectivity index (χ1v) is 9.70. The number of hydrogen-bond acceptors (Lipinski definition) is 4. The van der Waals surface area contributed by atoms with Crippen LogP contribution in [0.3, 0.4) is 0 Å². The van der Waals surface area contributed by atoms with Crippen LogP contribution in [0.5, 0.6) is 0 Å². The van der Waals surface area contributed by atoms with Crippen molar-refractivity contribution in [1.82, 2.24) is 14.3 Å². The number of sulfonamides is 1. The van der Waals surface area contributed by atoms with Crippen LogP contribution >= 0.6 is 0 Å². The van der Waals surface area contributed by atoms with Gasteiger partial charge < -0.3 is 9.88 Å². The lowest BCUT2D eigenvalue weighted by atomic mass is 10.2. The topological polar surface area (TPSA) is 76.0 Å². The van der Waals surface area contributed by atoms with Crippen LogP contribution < -0.4 is 10.0 Å². The summed E-state index contributed by atoms with van der Waals surface area (Å²) in [5.41, 5.74) is 2.94. The largest absolute Gasteiger partial charge is 0.375 e. The molecule has 6 nitrogen and oxygen atoms in total. The molecule has 0 saturated heterocycles. The third-order valence-corrected chi connectivity index (χ3v) is 5.63. The highest BCUT2D eigenvalue weighted by Crippen LogP contribution is 2.24. The predicted octanol–water partition coefficient (Wildman–Crippen LogP) is 3.14. The van der Waals surface area contributed by atoms with E-state index in [1.165, 1.54) is 7.05 Å². The molecule has 0 fully saturated rings. The summed E-state index contributed by atoms with van der Waals surface area (Å²) in [6, 6.07) is 14.8. The van der Waals surface area contributed by atoms with Crippen LogP contribution in [0.2, 0.25) is 0 Å². The Labute approximate surface area is 147 Å². The van der Waals surface area contributed by atoms with E-state index >= 15 is 0 Å². The van der Waals surface area contributed by atoms with Gasteiger partial charge in [0.05, 0.1) is 22.0 Å². The van der Waals surface area contributed by atoms with Crippen molar-refractivity contribution in [3.05, 3.63) is 54.4 Å². The average Bonchev–Trinajstić information content (AvgIpc) is 3.01. The van der Waals surface area contributed by atoms with Crippen LogP contribution in [0.4, 0.5) is 5.69 Å². The summed E-state index contributed by atoms with van der Waals surface area (Å²) in [7, 11) is -2.02. The fourth-order valence-electron chi connectivity index (χ4n) is 2.92. The number of fused-ring (bicyclic) bond motifs is 1. The molecule has 1 unspecified atom stereocenters. The minimum atomic E-state index is -3.42. The molecule has 0 aliphatic carbocycles. The van der Waals surface area contributed by atoms with Gasteiger partial charge in [-0.2, -0.15) is 0 Å². The third-order valence-electron chi connectivity index (χ3n) is 4.20. The number of rotatable bonds is 6. The standard InChI is InChI=1S/C18H22N4O2S/c1-4-22-17-8-6-5-7-16(17)21-18(22)13(2)20-14-9-11-15(12-10-14)25(23,24)19-3/h5-13,19-20H,4H2,1-3H3. The van der Waals surface area contributed by atoms with Gasteiger partial charge in [-0.1, -0.05) is 12.1 Å². The number of anilines is 1. The maximum atomic E-state index is 11.8. The SMILES string of the molecule is CCn1c(C(C)Nc2ccc(S(=O)(=O)NC)cc2)nc2ccccc21. The zero-order valence-corrected chi connectivity index (χ0v) is 15.3. The molecule has 25 heavy (non-hydrogen) atoms. The Kier molecular flexibility index (Phi) is 4.78. The first-order chi connectivity index (χ1) is 12.0. The summed E-state index contributed by atoms with van der Waals surface area (Å²) in [5, 5.41) is 3.39. The molecule has 2 N–H and O–H groups in total. The van der Waals surface area contributed by atoms with Gasteiger partial charge in [0.25, 0.3) is 0 Å². The summed E-state index contributed by atoms with van der Waals surface area (Å²) < 4.78 is 28.1. The highest BCUT2D eigenvalue weighted by Gasteiger charge is 2.16. The van der Waals surface area contributed by atoms with Crippen LogP contribution in [-0.2, 0) is 16.6 Å². The molecule has 0 aliphatic heterocycles. The van der Waals surface area contributed by atoms with Crippen molar-refractivity contribution in [3.63, 3.8) is 0 Å². The molecule has 3 aromatic rings. The lowest BCUT2D eigenvalue weighted by Gasteiger charge is -2.16. The predicted molar refractivity (Wildman–Crippen MR) is 100 cm³/mol. The summed E-state index contributed by atoms with van der Waals surface area (Å²) in [6.45, 7) is 4.98. The first kappa shape index (κ1) is 17.4. The number of benzene rings is 2. The maximum absolute atomic E-state index is 11.8. The van der Waals surface area contributed by atoms with E-state index in [1.54, 1.807) is 24.3 Å². The van der Waals surface area contributed by atoms with Gasteiger partial charge in [0, 0.05) is 12.2 Å². The maximum Gasteiger partial charge on any atom is 0.240 e. The second-order valence-electron chi connectivity index (χ2n) is 5.80. The summed E-state index contributed by atoms with van der Waals surface area (Å²) in [5.74, 6) is 0.954. The summed E-state index contributed by atoms with van der Waals surface area (Å²) >= 11 is 0. The number of hydrogen-bond donors (Lipinski definition) is 2. The second-order valence-corrected chi connectivity index (χ2v) is 7.69. The number of aromatic nitrogens is 2. The number of nitrogens with zero attached hydrogens (tertiary/aromatic N) is 2. The normalized spacial score (nSPS) is 13.1. The molecular formula is C18H22N4O2S. The van der Waals surface area contributed by atoms with E-state index in [1.807, 2.05) is 25.1 Å². The van der Waals surface area contributed by atoms with E-state index in [9.17, 15) is 8.42 Å². The molecule has 0 aliphatic rings. The van der Waals surface area contributed by atoms with Gasteiger partial charge >= 0.3 is 0 Å². The fourth-order valence-corrected chi connectivity index (χ4v) is 3.65. The van der Waals surface area contributed by atoms with Crippen LogP contribution in [0.25, 0.3) is 11.0 Å². The molecule has 7 heteroatoms. The number of imidazole rings is 1. The molecule has 1 atom stereocenters. The molecule has 0 spiro atoms. The molecule has 1 heterocycles. The van der Waals surface area contributed by atoms with Crippen molar-refractivity contribution in [3.8, 4) is 0 Å². The van der Waals surface area contributed by atoms with E-state index in [0.717, 1.165) is 29.1 Å². The van der Waals surface area contributed by atoms with E-state index in [-0.39, 0.29) is 10.9 Å². The van der Waals surface area contributed by atoms with E-state index < -0.39 is 10.0 Å². The molecular weight excluding hydrogens is 336 g/mol. The Bertz CT molecular complexity index is 978. The fraction of sp³-hybridized carbons (Fsp3) is 0.278. The molecule has 0 amide bonds. The van der Waals surface area contributed by atoms with E-state index in [0.29, 0.717) is 0 Å². The quantitative estimate of drug-likeness (QED) is 0.710. The van der Waals surface area contributed by atoms with E-state index in [4.69, 9.17) is 4.98 Å². The Hall–Kier alpha value is -2.38. The Morgan fingerprint density at radius 1 is 1.12 bits per heavy atom. The average molecular weight is 358 g/mol. The third kappa shape index (κ3) is 3.38. The highest BCUT2D eigenvalue weighted by molar-refractivity contribution is 7.89. The smallest absolute Gasteiger partial charge is 0.240 e. The van der Waals surface area contributed by atoms with E-state index in [2.05, 4.69) is 27.6 Å². The zero-order chi connectivity index (χ0) is 18.0. The minimum Gasteiger partial charge on any atom is -0.375 e. The zero-order valence-electron chi connectivity index (χ0n) is 14.5. The van der Waals surface area contributed by atoms with Gasteiger partial charge in [0.15, 0.2) is 0 Å². The van der Waals surface area contributed by atoms with Gasteiger partial charge in [0.1, 0.15) is 5.82 Å². The molecule has 0 saturated carbocycles. The lowest BCUT2D eigenvalue weighted by Crippen LogP contribution is -2.18. The van der Waals surface area contributed by atoms with Crippen LogP contribution in [-0.4, -0.2) is 25.0 Å². The second kappa shape index (κ2) is 6.85. The van der Waals surface area contributed by atoms with Crippen molar-refractivity contribution < 1.29 is 8.42 Å². The molecule has 0 bridgehead atoms. The van der Waals surface area contributed by atoms with Crippen LogP contribution in [0.1, 0.15) is 25.7 Å². The summed E-state index contributed by atoms with van der Waals surface area (Å²) in [6.07, 6.45) is 0. The highest BCUT2D eigenvalue weighted by atomic mass is 32.2. The van der Waals surface area contributed by atoms with Gasteiger partial charge in [0.2, 0.25) is 10.0 Å². The monoisotopic (exact) mass is 358 g/mol. The number of nitrogens with one attached hydrogen (secondary N) is 2. The Balaban J connectivity index is 1.86. The molecule has 0 radical (unpaired) electrons.